The van der Waals surface area contributed by atoms with E-state index in [1.54, 1.807) is 6.92 Å². The fourth-order valence-electron chi connectivity index (χ4n) is 4.67. The molecule has 0 aromatic rings. The van der Waals surface area contributed by atoms with Crippen molar-refractivity contribution in [3.05, 3.63) is 0 Å². The van der Waals surface area contributed by atoms with E-state index in [-0.39, 0.29) is 6.42 Å². The Morgan fingerprint density at radius 3 is 1.82 bits per heavy atom. The van der Waals surface area contributed by atoms with E-state index in [2.05, 4.69) is 5.32 Å². The Labute approximate surface area is 218 Å². The van der Waals surface area contributed by atoms with Gasteiger partial charge < -0.3 is 81.1 Å². The Morgan fingerprint density at radius 2 is 1.24 bits per heavy atom. The molecule has 0 aliphatic carbocycles. The average molecular weight is 560 g/mol. The second kappa shape index (κ2) is 13.8. The number of hydrogen-bond donors (Lipinski definition) is 12. The Balaban J connectivity index is 1.84. The number of aliphatic hydroxyl groups excluding tert-OH is 9. The third kappa shape index (κ3) is 6.61. The van der Waals surface area contributed by atoms with Crippen molar-refractivity contribution in [3.8, 4) is 0 Å². The van der Waals surface area contributed by atoms with Gasteiger partial charge in [0.2, 0.25) is 0 Å². The van der Waals surface area contributed by atoms with Crippen LogP contribution in [-0.2, 0) is 23.7 Å². The van der Waals surface area contributed by atoms with E-state index in [4.69, 9.17) is 35.2 Å². The van der Waals surface area contributed by atoms with E-state index in [1.165, 1.54) is 0 Å². The fourth-order valence-corrected chi connectivity index (χ4v) is 4.67. The molecule has 0 spiro atoms. The van der Waals surface area contributed by atoms with Crippen LogP contribution in [0.1, 0.15) is 13.3 Å². The van der Waals surface area contributed by atoms with Gasteiger partial charge in [0.15, 0.2) is 18.9 Å². The summed E-state index contributed by atoms with van der Waals surface area (Å²) in [7, 11) is 0. The van der Waals surface area contributed by atoms with Crippen molar-refractivity contribution in [3.63, 3.8) is 0 Å². The maximum Gasteiger partial charge on any atom is 0.176 e. The van der Waals surface area contributed by atoms with E-state index in [0.29, 0.717) is 0 Å². The standard InChI is InChI=1S/C21H41N3O14/c1-2-9(28)24-12-16(32)18(37-20-11(23)14(30)13(29)6(3-25)35-20)8(5-27)36-21(12)38-17-7(4-26)34-19(33)10(22)15(17)31/h6-21,24-33H,2-5,22-23H2,1H3/t6-,7-,8-,9?,10-,11-,12-,13-,14-,15-,16-,17?,18?,19-,20+,21+/m1/s1. The lowest BCUT2D eigenvalue weighted by Gasteiger charge is -2.49. The van der Waals surface area contributed by atoms with Crippen molar-refractivity contribution in [2.45, 2.75) is 112 Å². The highest BCUT2D eigenvalue weighted by atomic mass is 16.7. The lowest BCUT2D eigenvalue weighted by atomic mass is 9.94. The molecule has 14 N–H and O–H groups in total. The van der Waals surface area contributed by atoms with Gasteiger partial charge in [-0.2, -0.15) is 0 Å². The van der Waals surface area contributed by atoms with Gasteiger partial charge in [0.1, 0.15) is 61.2 Å². The highest BCUT2D eigenvalue weighted by molar-refractivity contribution is 4.99. The van der Waals surface area contributed by atoms with Crippen molar-refractivity contribution < 1.29 is 69.6 Å². The predicted octanol–water partition coefficient (Wildman–Crippen LogP) is -7.31. The average Bonchev–Trinajstić information content (AvgIpc) is 2.91. The van der Waals surface area contributed by atoms with Gasteiger partial charge in [-0.3, -0.25) is 5.32 Å². The van der Waals surface area contributed by atoms with E-state index < -0.39 is 118 Å². The zero-order valence-corrected chi connectivity index (χ0v) is 20.8. The largest absolute Gasteiger partial charge is 0.394 e. The molecule has 3 rings (SSSR count). The Bertz CT molecular complexity index is 725. The fraction of sp³-hybridized carbons (Fsp3) is 1.00. The number of hydrogen-bond acceptors (Lipinski definition) is 17. The third-order valence-electron chi connectivity index (χ3n) is 7.06. The first kappa shape index (κ1) is 31.8. The number of aliphatic hydroxyl groups is 9. The van der Waals surface area contributed by atoms with E-state index >= 15 is 0 Å². The molecular formula is C21H41N3O14. The summed E-state index contributed by atoms with van der Waals surface area (Å²) in [6.45, 7) is -0.434. The van der Waals surface area contributed by atoms with Crippen LogP contribution >= 0.6 is 0 Å². The van der Waals surface area contributed by atoms with Crippen LogP contribution in [-0.4, -0.2) is 164 Å². The molecule has 0 aromatic heterocycles. The summed E-state index contributed by atoms with van der Waals surface area (Å²) in [6, 6.07) is -3.90. The van der Waals surface area contributed by atoms with Crippen molar-refractivity contribution in [2.24, 2.45) is 11.5 Å². The van der Waals surface area contributed by atoms with Crippen LogP contribution in [0.5, 0.6) is 0 Å². The minimum absolute atomic E-state index is 0.190. The quantitative estimate of drug-likeness (QED) is 0.111. The van der Waals surface area contributed by atoms with Crippen molar-refractivity contribution in [1.82, 2.24) is 5.32 Å². The molecule has 3 fully saturated rings. The van der Waals surface area contributed by atoms with Gasteiger partial charge in [-0.15, -0.1) is 0 Å². The smallest absolute Gasteiger partial charge is 0.176 e. The van der Waals surface area contributed by atoms with Gasteiger partial charge in [0.25, 0.3) is 0 Å². The molecule has 17 heteroatoms. The molecule has 0 bridgehead atoms. The topological polar surface area (TPSA) is 292 Å². The molecule has 16 atom stereocenters. The van der Waals surface area contributed by atoms with Crippen LogP contribution in [0, 0.1) is 0 Å². The van der Waals surface area contributed by atoms with Gasteiger partial charge in [-0.25, -0.2) is 0 Å². The molecule has 0 aromatic carbocycles. The van der Waals surface area contributed by atoms with Crippen molar-refractivity contribution in [2.75, 3.05) is 19.8 Å². The minimum atomic E-state index is -1.60. The molecule has 0 amide bonds. The summed E-state index contributed by atoms with van der Waals surface area (Å²) >= 11 is 0. The van der Waals surface area contributed by atoms with Crippen molar-refractivity contribution >= 4 is 0 Å². The van der Waals surface area contributed by atoms with Crippen LogP contribution in [0.2, 0.25) is 0 Å². The van der Waals surface area contributed by atoms with Crippen molar-refractivity contribution in [1.29, 1.82) is 0 Å². The number of rotatable bonds is 10. The number of ether oxygens (including phenoxy) is 5. The summed E-state index contributed by atoms with van der Waals surface area (Å²) in [5, 5.41) is 94.1. The third-order valence-corrected chi connectivity index (χ3v) is 7.06. The molecule has 3 unspecified atom stereocenters. The maximum atomic E-state index is 11.3. The Hall–Kier alpha value is -0.680. The highest BCUT2D eigenvalue weighted by Crippen LogP contribution is 2.32. The zero-order valence-electron chi connectivity index (χ0n) is 20.8. The molecule has 3 aliphatic rings. The maximum absolute atomic E-state index is 11.3. The molecule has 224 valence electrons. The molecule has 0 saturated carbocycles. The van der Waals surface area contributed by atoms with Gasteiger partial charge in [0, 0.05) is 0 Å². The first-order valence-electron chi connectivity index (χ1n) is 12.4. The zero-order chi connectivity index (χ0) is 28.3. The number of nitrogens with one attached hydrogen (secondary N) is 1. The molecule has 3 heterocycles. The molecule has 3 aliphatic heterocycles. The molecule has 3 saturated heterocycles. The predicted molar refractivity (Wildman–Crippen MR) is 122 cm³/mol. The lowest BCUT2D eigenvalue weighted by molar-refractivity contribution is -0.351. The van der Waals surface area contributed by atoms with E-state index in [1.807, 2.05) is 0 Å². The molecule has 17 nitrogen and oxygen atoms in total. The van der Waals surface area contributed by atoms with Crippen LogP contribution in [0.4, 0.5) is 0 Å². The Kier molecular flexibility index (Phi) is 11.6. The van der Waals surface area contributed by atoms with E-state index in [9.17, 15) is 46.0 Å². The van der Waals surface area contributed by atoms with Crippen LogP contribution in [0.3, 0.4) is 0 Å². The monoisotopic (exact) mass is 559 g/mol. The van der Waals surface area contributed by atoms with Gasteiger partial charge in [-0.05, 0) is 6.42 Å². The highest BCUT2D eigenvalue weighted by Gasteiger charge is 2.53. The lowest BCUT2D eigenvalue weighted by Crippen LogP contribution is -2.70. The summed E-state index contributed by atoms with van der Waals surface area (Å²) in [6.07, 6.45) is -18.3. The van der Waals surface area contributed by atoms with Crippen LogP contribution in [0.15, 0.2) is 0 Å². The van der Waals surface area contributed by atoms with Crippen LogP contribution < -0.4 is 16.8 Å². The van der Waals surface area contributed by atoms with Gasteiger partial charge in [-0.1, -0.05) is 6.92 Å². The number of nitrogens with two attached hydrogens (primary N) is 2. The SMILES string of the molecule is CCC(O)N[C@H]1[C@H](OC2[C@@H](CO)O[C@@H](O)[C@H](N)[C@H]2O)O[C@H](CO)C(O[C@@H]2O[C@H](CO)[C@@H](O)[C@H](O)[C@H]2N)[C@@H]1O. The summed E-state index contributed by atoms with van der Waals surface area (Å²) in [4.78, 5) is 0. The first-order chi connectivity index (χ1) is 18.0. The molecular weight excluding hydrogens is 518 g/mol. The molecule has 38 heavy (non-hydrogen) atoms. The van der Waals surface area contributed by atoms with Gasteiger partial charge in [0.05, 0.1) is 37.9 Å². The van der Waals surface area contributed by atoms with Gasteiger partial charge >= 0.3 is 0 Å². The normalized spacial score (nSPS) is 49.1. The first-order valence-corrected chi connectivity index (χ1v) is 12.4. The molecule has 0 radical (unpaired) electrons. The van der Waals surface area contributed by atoms with Crippen LogP contribution in [0.25, 0.3) is 0 Å². The summed E-state index contributed by atoms with van der Waals surface area (Å²) < 4.78 is 28.1. The summed E-state index contributed by atoms with van der Waals surface area (Å²) in [5.74, 6) is 0. The Morgan fingerprint density at radius 1 is 0.711 bits per heavy atom. The second-order valence-corrected chi connectivity index (χ2v) is 9.63. The summed E-state index contributed by atoms with van der Waals surface area (Å²) in [5.41, 5.74) is 11.7. The minimum Gasteiger partial charge on any atom is -0.394 e. The second-order valence-electron chi connectivity index (χ2n) is 9.63. The van der Waals surface area contributed by atoms with E-state index in [0.717, 1.165) is 0 Å².